The predicted octanol–water partition coefficient (Wildman–Crippen LogP) is -0.467. The lowest BCUT2D eigenvalue weighted by molar-refractivity contribution is -0.332. The highest BCUT2D eigenvalue weighted by atomic mass is 16.8. The molecule has 0 aromatic rings. The number of cyclic esters (lactones) is 2. The van der Waals surface area contributed by atoms with Gasteiger partial charge in [0, 0.05) is 6.92 Å². The molecule has 1 saturated carbocycles. The van der Waals surface area contributed by atoms with Crippen molar-refractivity contribution < 1.29 is 24.2 Å². The third kappa shape index (κ3) is 0.828. The van der Waals surface area contributed by atoms with Gasteiger partial charge in [-0.05, 0) is 12.8 Å². The summed E-state index contributed by atoms with van der Waals surface area (Å²) in [7, 11) is 0. The molecule has 12 heavy (non-hydrogen) atoms. The van der Waals surface area contributed by atoms with E-state index in [-0.39, 0.29) is 0 Å². The zero-order chi connectivity index (χ0) is 8.98. The number of carbonyl (C=O) groups excluding carboxylic acids is 2. The molecule has 0 amide bonds. The van der Waals surface area contributed by atoms with Gasteiger partial charge in [-0.3, -0.25) is 9.59 Å². The summed E-state index contributed by atoms with van der Waals surface area (Å²) in [5, 5.41) is 9.09. The van der Waals surface area contributed by atoms with Crippen LogP contribution in [0.1, 0.15) is 19.8 Å². The molecule has 0 aromatic heterocycles. The Hall–Kier alpha value is -1.10. The van der Waals surface area contributed by atoms with Gasteiger partial charge in [-0.2, -0.15) is 0 Å². The highest BCUT2D eigenvalue weighted by molar-refractivity contribution is 6.04. The SMILES string of the molecule is CC1(O)OC(=O)C2(CC2)C(=O)O1. The number of ether oxygens (including phenoxy) is 2. The van der Waals surface area contributed by atoms with Crippen LogP contribution >= 0.6 is 0 Å². The van der Waals surface area contributed by atoms with Crippen molar-refractivity contribution in [3.8, 4) is 0 Å². The third-order valence-corrected chi connectivity index (χ3v) is 2.10. The molecule has 2 rings (SSSR count). The highest BCUT2D eigenvalue weighted by Crippen LogP contribution is 2.51. The molecule has 5 heteroatoms. The molecule has 0 atom stereocenters. The summed E-state index contributed by atoms with van der Waals surface area (Å²) in [6.07, 6.45) is 0.918. The van der Waals surface area contributed by atoms with E-state index in [0.29, 0.717) is 12.8 Å². The Kier molecular flexibility index (Phi) is 1.13. The minimum atomic E-state index is -2.08. The maximum absolute atomic E-state index is 11.1. The lowest BCUT2D eigenvalue weighted by atomic mass is 10.1. The number of rotatable bonds is 0. The van der Waals surface area contributed by atoms with E-state index in [1.54, 1.807) is 0 Å². The summed E-state index contributed by atoms with van der Waals surface area (Å²) < 4.78 is 8.99. The zero-order valence-electron chi connectivity index (χ0n) is 6.49. The molecule has 0 radical (unpaired) electrons. The first-order valence-corrected chi connectivity index (χ1v) is 3.66. The van der Waals surface area contributed by atoms with Crippen molar-refractivity contribution in [3.05, 3.63) is 0 Å². The summed E-state index contributed by atoms with van der Waals surface area (Å²) in [5.41, 5.74) is -1.08. The average Bonchev–Trinajstić information content (AvgIpc) is 2.59. The molecule has 1 aliphatic heterocycles. The van der Waals surface area contributed by atoms with Gasteiger partial charge in [-0.15, -0.1) is 0 Å². The Bertz CT molecular complexity index is 241. The average molecular weight is 172 g/mol. The van der Waals surface area contributed by atoms with Crippen LogP contribution in [0.4, 0.5) is 0 Å². The van der Waals surface area contributed by atoms with E-state index in [4.69, 9.17) is 5.11 Å². The molecule has 1 saturated heterocycles. The van der Waals surface area contributed by atoms with Gasteiger partial charge >= 0.3 is 17.9 Å². The maximum atomic E-state index is 11.1. The predicted molar refractivity (Wildman–Crippen MR) is 34.5 cm³/mol. The molecule has 5 nitrogen and oxygen atoms in total. The molecule has 0 unspecified atom stereocenters. The molecule has 0 bridgehead atoms. The Morgan fingerprint density at radius 1 is 1.25 bits per heavy atom. The van der Waals surface area contributed by atoms with Crippen LogP contribution in [-0.2, 0) is 19.1 Å². The molecule has 2 aliphatic rings. The summed E-state index contributed by atoms with van der Waals surface area (Å²) in [6, 6.07) is 0. The molecule has 1 N–H and O–H groups in total. The van der Waals surface area contributed by atoms with Gasteiger partial charge in [0.25, 0.3) is 0 Å². The van der Waals surface area contributed by atoms with E-state index in [0.717, 1.165) is 6.92 Å². The van der Waals surface area contributed by atoms with Crippen molar-refractivity contribution in [3.63, 3.8) is 0 Å². The van der Waals surface area contributed by atoms with E-state index < -0.39 is 23.3 Å². The van der Waals surface area contributed by atoms with E-state index in [9.17, 15) is 9.59 Å². The topological polar surface area (TPSA) is 72.8 Å². The van der Waals surface area contributed by atoms with Gasteiger partial charge in [-0.1, -0.05) is 0 Å². The van der Waals surface area contributed by atoms with Crippen molar-refractivity contribution in [1.82, 2.24) is 0 Å². The lowest BCUT2D eigenvalue weighted by Gasteiger charge is -2.30. The first-order chi connectivity index (χ1) is 5.46. The Balaban J connectivity index is 2.26. The first kappa shape index (κ1) is 7.54. The number of aliphatic hydroxyl groups is 1. The van der Waals surface area contributed by atoms with Crippen LogP contribution in [0.25, 0.3) is 0 Å². The van der Waals surface area contributed by atoms with Crippen molar-refractivity contribution in [2.45, 2.75) is 25.7 Å². The zero-order valence-corrected chi connectivity index (χ0v) is 6.49. The number of hydrogen-bond acceptors (Lipinski definition) is 5. The Morgan fingerprint density at radius 2 is 1.67 bits per heavy atom. The standard InChI is InChI=1S/C7H8O5/c1-6(10)11-4(8)7(2-3-7)5(9)12-6/h10H,2-3H2,1H3. The minimum absolute atomic E-state index is 0.459. The van der Waals surface area contributed by atoms with Crippen LogP contribution in [0.15, 0.2) is 0 Å². The van der Waals surface area contributed by atoms with Gasteiger partial charge in [0.2, 0.25) is 0 Å². The number of carbonyl (C=O) groups is 2. The van der Waals surface area contributed by atoms with Crippen molar-refractivity contribution in [2.24, 2.45) is 5.41 Å². The second kappa shape index (κ2) is 1.80. The molecular formula is C7H8O5. The quantitative estimate of drug-likeness (QED) is 0.395. The molecule has 0 aromatic carbocycles. The van der Waals surface area contributed by atoms with Gasteiger partial charge in [0.05, 0.1) is 0 Å². The fourth-order valence-electron chi connectivity index (χ4n) is 1.18. The summed E-state index contributed by atoms with van der Waals surface area (Å²) in [4.78, 5) is 22.2. The molecule has 1 aliphatic carbocycles. The second-order valence-electron chi connectivity index (χ2n) is 3.26. The first-order valence-electron chi connectivity index (χ1n) is 3.66. The van der Waals surface area contributed by atoms with E-state index in [2.05, 4.69) is 9.47 Å². The van der Waals surface area contributed by atoms with Crippen LogP contribution in [-0.4, -0.2) is 23.0 Å². The fourth-order valence-corrected chi connectivity index (χ4v) is 1.18. The van der Waals surface area contributed by atoms with E-state index in [1.165, 1.54) is 0 Å². The van der Waals surface area contributed by atoms with Crippen molar-refractivity contribution >= 4 is 11.9 Å². The van der Waals surface area contributed by atoms with Crippen LogP contribution < -0.4 is 0 Å². The fraction of sp³-hybridized carbons (Fsp3) is 0.714. The molecule has 1 spiro atoms. The third-order valence-electron chi connectivity index (χ3n) is 2.10. The summed E-state index contributed by atoms with van der Waals surface area (Å²) in [6.45, 7) is 1.11. The van der Waals surface area contributed by atoms with Crippen LogP contribution in [0.2, 0.25) is 0 Å². The van der Waals surface area contributed by atoms with Crippen molar-refractivity contribution in [1.29, 1.82) is 0 Å². The monoisotopic (exact) mass is 172 g/mol. The molecule has 1 heterocycles. The summed E-state index contributed by atoms with van der Waals surface area (Å²) in [5.74, 6) is -3.44. The Labute approximate surface area is 68.3 Å². The van der Waals surface area contributed by atoms with E-state index >= 15 is 0 Å². The molecular weight excluding hydrogens is 164 g/mol. The normalized spacial score (nSPS) is 29.5. The highest BCUT2D eigenvalue weighted by Gasteiger charge is 2.65. The number of esters is 2. The van der Waals surface area contributed by atoms with Gasteiger partial charge in [0.1, 0.15) is 0 Å². The van der Waals surface area contributed by atoms with E-state index in [1.807, 2.05) is 0 Å². The van der Waals surface area contributed by atoms with Crippen molar-refractivity contribution in [2.75, 3.05) is 0 Å². The second-order valence-corrected chi connectivity index (χ2v) is 3.26. The minimum Gasteiger partial charge on any atom is -0.397 e. The van der Waals surface area contributed by atoms with Gasteiger partial charge < -0.3 is 14.6 Å². The largest absolute Gasteiger partial charge is 0.397 e. The van der Waals surface area contributed by atoms with Gasteiger partial charge in [0.15, 0.2) is 5.41 Å². The van der Waals surface area contributed by atoms with Crippen LogP contribution in [0, 0.1) is 5.41 Å². The smallest absolute Gasteiger partial charge is 0.370 e. The number of hydrogen-bond donors (Lipinski definition) is 1. The maximum Gasteiger partial charge on any atom is 0.370 e. The molecule has 2 fully saturated rings. The van der Waals surface area contributed by atoms with Crippen LogP contribution in [0.5, 0.6) is 0 Å². The van der Waals surface area contributed by atoms with Crippen LogP contribution in [0.3, 0.4) is 0 Å². The summed E-state index contributed by atoms with van der Waals surface area (Å²) >= 11 is 0. The van der Waals surface area contributed by atoms with Gasteiger partial charge in [-0.25, -0.2) is 0 Å². The lowest BCUT2D eigenvalue weighted by Crippen LogP contribution is -2.49. The Morgan fingerprint density at radius 3 is 2.00 bits per heavy atom. The molecule has 66 valence electrons.